The topological polar surface area (TPSA) is 29.9 Å². The lowest BCUT2D eigenvalue weighted by atomic mass is 9.82. The van der Waals surface area contributed by atoms with Gasteiger partial charge in [0.15, 0.2) is 0 Å². The summed E-state index contributed by atoms with van der Waals surface area (Å²) in [4.78, 5) is 4.17. The third-order valence-corrected chi connectivity index (χ3v) is 3.59. The number of aromatic nitrogens is 2. The third-order valence-electron chi connectivity index (χ3n) is 3.59. The lowest BCUT2D eigenvalue weighted by Gasteiger charge is -2.41. The van der Waals surface area contributed by atoms with E-state index in [1.54, 1.807) is 0 Å². The number of fused-ring (bicyclic) bond motifs is 1. The first-order valence-corrected chi connectivity index (χ1v) is 5.99. The first kappa shape index (κ1) is 10.5. The lowest BCUT2D eigenvalue weighted by Crippen LogP contribution is -2.50. The molecule has 1 unspecified atom stereocenters. The smallest absolute Gasteiger partial charge is 0.0952 e. The molecule has 88 valence electrons. The number of nitrogens with one attached hydrogen (secondary N) is 1. The number of hydrogen-bond donors (Lipinski definition) is 1. The van der Waals surface area contributed by atoms with Gasteiger partial charge in [-0.15, -0.1) is 0 Å². The van der Waals surface area contributed by atoms with Crippen LogP contribution in [0.2, 0.25) is 0 Å². The highest BCUT2D eigenvalue weighted by Crippen LogP contribution is 2.35. The second-order valence-corrected chi connectivity index (χ2v) is 5.19. The Morgan fingerprint density at radius 1 is 1.35 bits per heavy atom. The van der Waals surface area contributed by atoms with Crippen LogP contribution in [0.4, 0.5) is 0 Å². The monoisotopic (exact) mass is 227 g/mol. The van der Waals surface area contributed by atoms with Crippen LogP contribution in [-0.4, -0.2) is 15.1 Å². The average molecular weight is 227 g/mol. The lowest BCUT2D eigenvalue weighted by molar-refractivity contribution is 0.265. The molecule has 1 aliphatic heterocycles. The summed E-state index contributed by atoms with van der Waals surface area (Å²) in [7, 11) is 0. The van der Waals surface area contributed by atoms with Crippen molar-refractivity contribution in [2.45, 2.75) is 32.0 Å². The summed E-state index contributed by atoms with van der Waals surface area (Å²) in [6, 6.07) is 8.94. The van der Waals surface area contributed by atoms with Crippen molar-refractivity contribution < 1.29 is 0 Å². The minimum Gasteiger partial charge on any atom is -0.328 e. The van der Waals surface area contributed by atoms with Crippen LogP contribution in [-0.2, 0) is 6.54 Å². The van der Waals surface area contributed by atoms with Gasteiger partial charge in [0.05, 0.1) is 12.4 Å². The van der Waals surface area contributed by atoms with E-state index in [0.717, 1.165) is 6.54 Å². The van der Waals surface area contributed by atoms with Crippen molar-refractivity contribution in [2.24, 2.45) is 0 Å². The molecule has 0 radical (unpaired) electrons. The van der Waals surface area contributed by atoms with Crippen LogP contribution < -0.4 is 5.32 Å². The van der Waals surface area contributed by atoms with Gasteiger partial charge in [0, 0.05) is 24.5 Å². The molecule has 0 spiro atoms. The molecule has 0 bridgehead atoms. The third kappa shape index (κ3) is 1.67. The fraction of sp³-hybridized carbons (Fsp3) is 0.357. The van der Waals surface area contributed by atoms with E-state index in [-0.39, 0.29) is 5.54 Å². The first-order chi connectivity index (χ1) is 8.18. The van der Waals surface area contributed by atoms with Crippen molar-refractivity contribution in [3.63, 3.8) is 0 Å². The van der Waals surface area contributed by atoms with Gasteiger partial charge < -0.3 is 9.88 Å². The van der Waals surface area contributed by atoms with E-state index in [9.17, 15) is 0 Å². The normalized spacial score (nSPS) is 22.1. The molecule has 0 saturated heterocycles. The van der Waals surface area contributed by atoms with Crippen LogP contribution in [0.3, 0.4) is 0 Å². The zero-order valence-corrected chi connectivity index (χ0v) is 10.2. The van der Waals surface area contributed by atoms with E-state index in [1.165, 1.54) is 11.1 Å². The average Bonchev–Trinajstić information content (AvgIpc) is 2.81. The Morgan fingerprint density at radius 2 is 2.18 bits per heavy atom. The maximum Gasteiger partial charge on any atom is 0.0952 e. The summed E-state index contributed by atoms with van der Waals surface area (Å²) >= 11 is 0. The van der Waals surface area contributed by atoms with E-state index < -0.39 is 0 Å². The standard InChI is InChI=1S/C14H17N3/c1-14(2)13(17-8-7-15-10-17)12-6-4-3-5-11(12)9-16-14/h3-8,10,13,16H,9H2,1-2H3. The van der Waals surface area contributed by atoms with Gasteiger partial charge in [0.25, 0.3) is 0 Å². The van der Waals surface area contributed by atoms with Crippen molar-refractivity contribution >= 4 is 0 Å². The van der Waals surface area contributed by atoms with Gasteiger partial charge in [-0.05, 0) is 25.0 Å². The summed E-state index contributed by atoms with van der Waals surface area (Å²) in [5, 5.41) is 3.60. The van der Waals surface area contributed by atoms with Gasteiger partial charge in [-0.2, -0.15) is 0 Å². The molecule has 2 heterocycles. The molecular formula is C14H17N3. The van der Waals surface area contributed by atoms with E-state index >= 15 is 0 Å². The summed E-state index contributed by atoms with van der Waals surface area (Å²) in [6.45, 7) is 5.43. The fourth-order valence-corrected chi connectivity index (χ4v) is 2.73. The van der Waals surface area contributed by atoms with E-state index in [4.69, 9.17) is 0 Å². The second kappa shape index (κ2) is 3.70. The van der Waals surface area contributed by atoms with Gasteiger partial charge in [-0.1, -0.05) is 24.3 Å². The number of nitrogens with zero attached hydrogens (tertiary/aromatic N) is 2. The molecule has 3 heteroatoms. The Bertz CT molecular complexity index is 514. The van der Waals surface area contributed by atoms with Crippen molar-refractivity contribution in [3.8, 4) is 0 Å². The van der Waals surface area contributed by atoms with Crippen molar-refractivity contribution in [1.29, 1.82) is 0 Å². The number of rotatable bonds is 1. The number of imidazole rings is 1. The summed E-state index contributed by atoms with van der Waals surface area (Å²) in [5.41, 5.74) is 2.81. The molecule has 0 fully saturated rings. The first-order valence-electron chi connectivity index (χ1n) is 5.99. The second-order valence-electron chi connectivity index (χ2n) is 5.19. The highest BCUT2D eigenvalue weighted by molar-refractivity contribution is 5.35. The SMILES string of the molecule is CC1(C)NCc2ccccc2C1n1ccnc1. The predicted molar refractivity (Wildman–Crippen MR) is 67.7 cm³/mol. The van der Waals surface area contributed by atoms with Crippen molar-refractivity contribution in [1.82, 2.24) is 14.9 Å². The Hall–Kier alpha value is -1.61. The van der Waals surface area contributed by atoms with Gasteiger partial charge in [-0.3, -0.25) is 0 Å². The van der Waals surface area contributed by atoms with Crippen LogP contribution in [0.1, 0.15) is 31.0 Å². The van der Waals surface area contributed by atoms with E-state index in [1.807, 2.05) is 18.7 Å². The number of hydrogen-bond acceptors (Lipinski definition) is 2. The largest absolute Gasteiger partial charge is 0.328 e. The van der Waals surface area contributed by atoms with E-state index in [2.05, 4.69) is 53.0 Å². The Balaban J connectivity index is 2.16. The zero-order valence-electron chi connectivity index (χ0n) is 10.2. The molecule has 1 N–H and O–H groups in total. The maximum absolute atomic E-state index is 4.17. The Kier molecular flexibility index (Phi) is 2.30. The molecule has 1 atom stereocenters. The summed E-state index contributed by atoms with van der Waals surface area (Å²) in [6.07, 6.45) is 5.78. The van der Waals surface area contributed by atoms with Crippen LogP contribution in [0.15, 0.2) is 43.0 Å². The highest BCUT2D eigenvalue weighted by atomic mass is 15.1. The van der Waals surface area contributed by atoms with Crippen LogP contribution in [0.25, 0.3) is 0 Å². The maximum atomic E-state index is 4.17. The minimum atomic E-state index is 0.0368. The molecule has 0 amide bonds. The molecule has 17 heavy (non-hydrogen) atoms. The summed E-state index contributed by atoms with van der Waals surface area (Å²) in [5.74, 6) is 0. The molecule has 3 nitrogen and oxygen atoms in total. The quantitative estimate of drug-likeness (QED) is 0.810. The van der Waals surface area contributed by atoms with Gasteiger partial charge in [0.2, 0.25) is 0 Å². The van der Waals surface area contributed by atoms with E-state index in [0.29, 0.717) is 6.04 Å². The van der Waals surface area contributed by atoms with Crippen LogP contribution in [0, 0.1) is 0 Å². The van der Waals surface area contributed by atoms with Crippen LogP contribution in [0.5, 0.6) is 0 Å². The molecule has 1 aromatic carbocycles. The fourth-order valence-electron chi connectivity index (χ4n) is 2.73. The highest BCUT2D eigenvalue weighted by Gasteiger charge is 2.36. The molecule has 1 aliphatic rings. The van der Waals surface area contributed by atoms with Gasteiger partial charge in [-0.25, -0.2) is 4.98 Å². The molecular weight excluding hydrogens is 210 g/mol. The molecule has 1 aromatic heterocycles. The molecule has 0 saturated carbocycles. The van der Waals surface area contributed by atoms with Crippen LogP contribution >= 0.6 is 0 Å². The molecule has 2 aromatic rings. The molecule has 3 rings (SSSR count). The van der Waals surface area contributed by atoms with Gasteiger partial charge >= 0.3 is 0 Å². The minimum absolute atomic E-state index is 0.0368. The van der Waals surface area contributed by atoms with Crippen molar-refractivity contribution in [2.75, 3.05) is 0 Å². The Labute approximate surface area is 101 Å². The zero-order chi connectivity index (χ0) is 11.9. The van der Waals surface area contributed by atoms with Gasteiger partial charge in [0.1, 0.15) is 0 Å². The summed E-state index contributed by atoms with van der Waals surface area (Å²) < 4.78 is 2.19. The van der Waals surface area contributed by atoms with Crippen molar-refractivity contribution in [3.05, 3.63) is 54.1 Å². The molecule has 0 aliphatic carbocycles. The number of benzene rings is 1. The predicted octanol–water partition coefficient (Wildman–Crippen LogP) is 2.35. The Morgan fingerprint density at radius 3 is 2.94 bits per heavy atom.